The highest BCUT2D eigenvalue weighted by Gasteiger charge is 2.70. The molecule has 5 atom stereocenters. The highest BCUT2D eigenvalue weighted by molar-refractivity contribution is 7.91. The van der Waals surface area contributed by atoms with E-state index in [4.69, 9.17) is 0 Å². The summed E-state index contributed by atoms with van der Waals surface area (Å²) in [4.78, 5) is 70.5. The number of benzene rings is 1. The summed E-state index contributed by atoms with van der Waals surface area (Å²) in [6, 6.07) is 5.89. The summed E-state index contributed by atoms with van der Waals surface area (Å²) in [7, 11) is -7.27. The van der Waals surface area contributed by atoms with Crippen molar-refractivity contribution in [1.29, 1.82) is 0 Å². The predicted octanol–water partition coefficient (Wildman–Crippen LogP) is 2.66. The van der Waals surface area contributed by atoms with E-state index in [-0.39, 0.29) is 45.7 Å². The van der Waals surface area contributed by atoms with Crippen molar-refractivity contribution in [3.63, 3.8) is 0 Å². The van der Waals surface area contributed by atoms with Crippen LogP contribution in [-0.2, 0) is 39.2 Å². The molecule has 2 saturated carbocycles. The van der Waals surface area contributed by atoms with Crippen LogP contribution >= 0.6 is 11.3 Å². The number of urea groups is 1. The van der Waals surface area contributed by atoms with Crippen LogP contribution in [0.15, 0.2) is 56.9 Å². The molecule has 296 valence electrons. The molecule has 2 aromatic rings. The van der Waals surface area contributed by atoms with Gasteiger partial charge in [0.2, 0.25) is 11.8 Å². The number of nitrogens with zero attached hydrogens (tertiary/aromatic N) is 2. The van der Waals surface area contributed by atoms with Gasteiger partial charge in [0, 0.05) is 13.6 Å². The quantitative estimate of drug-likeness (QED) is 0.263. The number of carbonyl (C=O) groups excluding carboxylic acids is 5. The molecular formula is C36H50N6O9S3. The maximum Gasteiger partial charge on any atom is 0.316 e. The van der Waals surface area contributed by atoms with E-state index in [0.29, 0.717) is 4.31 Å². The maximum atomic E-state index is 14.5. The van der Waals surface area contributed by atoms with Gasteiger partial charge in [0.1, 0.15) is 27.9 Å². The Kier molecular flexibility index (Phi) is 10.6. The summed E-state index contributed by atoms with van der Waals surface area (Å²) in [5, 5.41) is 9.65. The number of likely N-dealkylation sites (tertiary alicyclic amines) is 1. The second-order valence-corrected chi connectivity index (χ2v) is 22.0. The number of rotatable bonds is 11. The van der Waals surface area contributed by atoms with Crippen molar-refractivity contribution < 1.29 is 40.8 Å². The second kappa shape index (κ2) is 13.9. The summed E-state index contributed by atoms with van der Waals surface area (Å²) in [5.41, 5.74) is -3.62. The standard InChI is InChI=1S/C36H50N6O9S3/c1-33(2,3)26(29(44)41(9)54(50,51)23-16-13-19-52-23)37-32(47)38-27(34(4,5)6)30(45)42-20-22-24(35(22,7)8)25(42)28(43)39-36(17-18-36)31(46)40-53(48,49)21-14-11-10-12-15-21/h10-16,19,22,24-27H,17-18,20H2,1-9H3,(H,39,43)(H,40,46)(H2,37,38,47)/t22-,24-,25-,26+,27+/m0/s1. The van der Waals surface area contributed by atoms with Gasteiger partial charge in [0.15, 0.2) is 0 Å². The highest BCUT2D eigenvalue weighted by Crippen LogP contribution is 2.65. The molecule has 6 amide bonds. The molecule has 0 unspecified atom stereocenters. The van der Waals surface area contributed by atoms with E-state index < -0.39 is 84.2 Å². The molecule has 5 rings (SSSR count). The monoisotopic (exact) mass is 806 g/mol. The van der Waals surface area contributed by atoms with Crippen LogP contribution in [0.4, 0.5) is 4.79 Å². The van der Waals surface area contributed by atoms with Crippen LogP contribution in [0.1, 0.15) is 68.2 Å². The Morgan fingerprint density at radius 3 is 1.96 bits per heavy atom. The number of sulfonamides is 2. The van der Waals surface area contributed by atoms with Crippen LogP contribution < -0.4 is 20.7 Å². The van der Waals surface area contributed by atoms with Gasteiger partial charge in [-0.25, -0.2) is 30.7 Å². The van der Waals surface area contributed by atoms with Crippen LogP contribution in [0.3, 0.4) is 0 Å². The third-order valence-corrected chi connectivity index (χ3v) is 15.3. The van der Waals surface area contributed by atoms with E-state index in [1.807, 2.05) is 13.8 Å². The van der Waals surface area contributed by atoms with Crippen molar-refractivity contribution in [3.8, 4) is 0 Å². The van der Waals surface area contributed by atoms with Gasteiger partial charge >= 0.3 is 6.03 Å². The lowest BCUT2D eigenvalue weighted by atomic mass is 9.84. The Labute approximate surface area is 321 Å². The minimum absolute atomic E-state index is 0.0373. The Morgan fingerprint density at radius 1 is 0.870 bits per heavy atom. The molecule has 54 heavy (non-hydrogen) atoms. The van der Waals surface area contributed by atoms with E-state index in [2.05, 4.69) is 20.7 Å². The van der Waals surface area contributed by atoms with Crippen LogP contribution in [-0.4, -0.2) is 93.0 Å². The number of fused-ring (bicyclic) bond motifs is 1. The lowest BCUT2D eigenvalue weighted by Crippen LogP contribution is -2.63. The number of hydrogen-bond donors (Lipinski definition) is 4. The zero-order chi connectivity index (χ0) is 40.4. The number of amides is 6. The number of piperidine rings is 1. The minimum atomic E-state index is -4.20. The van der Waals surface area contributed by atoms with E-state index in [0.717, 1.165) is 18.4 Å². The van der Waals surface area contributed by atoms with Gasteiger partial charge in [-0.2, -0.15) is 0 Å². The predicted molar refractivity (Wildman–Crippen MR) is 201 cm³/mol. The van der Waals surface area contributed by atoms with Crippen molar-refractivity contribution in [1.82, 2.24) is 29.9 Å². The largest absolute Gasteiger partial charge is 0.340 e. The van der Waals surface area contributed by atoms with Gasteiger partial charge in [0.05, 0.1) is 4.90 Å². The first-order valence-electron chi connectivity index (χ1n) is 17.6. The number of likely N-dealkylation sites (N-methyl/N-ethyl adjacent to an activating group) is 1. The first kappa shape index (κ1) is 41.1. The number of thiophene rings is 1. The fourth-order valence-corrected chi connectivity index (χ4v) is 10.5. The van der Waals surface area contributed by atoms with E-state index >= 15 is 0 Å². The second-order valence-electron chi connectivity index (χ2n) is 17.2. The normalized spacial score (nSPS) is 22.5. The van der Waals surface area contributed by atoms with Crippen LogP contribution in [0.5, 0.6) is 0 Å². The van der Waals surface area contributed by atoms with Crippen LogP contribution in [0.2, 0.25) is 0 Å². The molecule has 1 aliphatic heterocycles. The molecule has 1 aromatic carbocycles. The molecule has 0 spiro atoms. The topological polar surface area (TPSA) is 208 Å². The van der Waals surface area contributed by atoms with Crippen molar-refractivity contribution in [2.75, 3.05) is 13.6 Å². The number of nitrogens with one attached hydrogen (secondary N) is 4. The Hall–Kier alpha value is -4.03. The molecule has 2 aliphatic carbocycles. The van der Waals surface area contributed by atoms with Gasteiger partial charge in [-0.3, -0.25) is 19.2 Å². The van der Waals surface area contributed by atoms with Crippen molar-refractivity contribution in [2.45, 2.75) is 101 Å². The average molecular weight is 807 g/mol. The van der Waals surface area contributed by atoms with Crippen LogP contribution in [0.25, 0.3) is 0 Å². The third-order valence-electron chi connectivity index (χ3n) is 10.8. The molecular weight excluding hydrogens is 757 g/mol. The number of carbonyl (C=O) groups is 5. The van der Waals surface area contributed by atoms with Crippen molar-refractivity contribution >= 4 is 61.0 Å². The SMILES string of the molecule is CN(C(=O)[C@@H](NC(=O)N[C@H](C(=O)N1C[C@H]2[C@@H]([C@H]1C(=O)NC1(C(=O)NS(=O)(=O)c3ccccc3)CC1)C2(C)C)C(C)(C)C)C(C)(C)C)S(=O)(=O)c1cccs1. The lowest BCUT2D eigenvalue weighted by molar-refractivity contribution is -0.144. The van der Waals surface area contributed by atoms with E-state index in [1.54, 1.807) is 59.1 Å². The first-order valence-corrected chi connectivity index (χ1v) is 21.4. The third kappa shape index (κ3) is 7.87. The molecule has 15 nitrogen and oxygen atoms in total. The molecule has 0 radical (unpaired) electrons. The summed E-state index contributed by atoms with van der Waals surface area (Å²) in [5.74, 6) is -3.21. The highest BCUT2D eigenvalue weighted by atomic mass is 32.2. The first-order chi connectivity index (χ1) is 24.8. The molecule has 3 aliphatic rings. The van der Waals surface area contributed by atoms with Gasteiger partial charge in [-0.1, -0.05) is 79.7 Å². The summed E-state index contributed by atoms with van der Waals surface area (Å²) < 4.78 is 54.8. The fraction of sp³-hybridized carbons (Fsp3) is 0.583. The Balaban J connectivity index is 1.33. The summed E-state index contributed by atoms with van der Waals surface area (Å²) in [6.45, 7) is 14.4. The van der Waals surface area contributed by atoms with E-state index in [9.17, 15) is 40.8 Å². The van der Waals surface area contributed by atoms with Gasteiger partial charge in [-0.05, 0) is 64.5 Å². The van der Waals surface area contributed by atoms with Crippen molar-refractivity contribution in [3.05, 3.63) is 47.8 Å². The Bertz CT molecular complexity index is 2030. The zero-order valence-electron chi connectivity index (χ0n) is 31.9. The molecule has 4 N–H and O–H groups in total. The smallest absolute Gasteiger partial charge is 0.316 e. The summed E-state index contributed by atoms with van der Waals surface area (Å²) >= 11 is 0.953. The molecule has 1 aromatic heterocycles. The minimum Gasteiger partial charge on any atom is -0.340 e. The van der Waals surface area contributed by atoms with Gasteiger partial charge in [-0.15, -0.1) is 11.3 Å². The van der Waals surface area contributed by atoms with Crippen LogP contribution in [0, 0.1) is 28.1 Å². The van der Waals surface area contributed by atoms with E-state index in [1.165, 1.54) is 35.2 Å². The van der Waals surface area contributed by atoms with Crippen molar-refractivity contribution in [2.24, 2.45) is 28.1 Å². The maximum absolute atomic E-state index is 14.5. The fourth-order valence-electron chi connectivity index (χ4n) is 7.15. The van der Waals surface area contributed by atoms with Gasteiger partial charge in [0.25, 0.3) is 31.9 Å². The zero-order valence-corrected chi connectivity index (χ0v) is 34.4. The average Bonchev–Trinajstić information content (AvgIpc) is 3.70. The lowest BCUT2D eigenvalue weighted by Gasteiger charge is -2.38. The molecule has 2 heterocycles. The molecule has 3 fully saturated rings. The molecule has 0 bridgehead atoms. The number of hydrogen-bond acceptors (Lipinski definition) is 10. The molecule has 1 saturated heterocycles. The van der Waals surface area contributed by atoms with Gasteiger partial charge < -0.3 is 20.9 Å². The molecule has 18 heteroatoms. The Morgan fingerprint density at radius 2 is 1.44 bits per heavy atom. The summed E-state index contributed by atoms with van der Waals surface area (Å²) in [6.07, 6.45) is 0.410.